The van der Waals surface area contributed by atoms with Crippen LogP contribution < -0.4 is 49.6 Å². The van der Waals surface area contributed by atoms with Crippen molar-refractivity contribution in [1.82, 2.24) is 0 Å². The van der Waals surface area contributed by atoms with Crippen molar-refractivity contribution in [3.05, 3.63) is 48.6 Å². The van der Waals surface area contributed by atoms with Gasteiger partial charge in [0.25, 0.3) is 0 Å². The van der Waals surface area contributed by atoms with Gasteiger partial charge in [-0.25, -0.2) is 24.3 Å². The Hall–Kier alpha value is 1.51. The Morgan fingerprint density at radius 1 is 0.647 bits per heavy atom. The van der Waals surface area contributed by atoms with Gasteiger partial charge in [0.1, 0.15) is 0 Å². The van der Waals surface area contributed by atoms with E-state index in [0.717, 1.165) is 12.8 Å². The fourth-order valence-electron chi connectivity index (χ4n) is 0.680. The van der Waals surface area contributed by atoms with Crippen LogP contribution in [0.4, 0.5) is 0 Å². The van der Waals surface area contributed by atoms with E-state index in [9.17, 15) is 0 Å². The first-order valence-electron chi connectivity index (χ1n) is 3.43. The second kappa shape index (κ2) is 36.0. The van der Waals surface area contributed by atoms with Gasteiger partial charge in [-0.05, 0) is 0 Å². The largest absolute Gasteiger partial charge is 4.00 e. The first-order chi connectivity index (χ1) is 5.00. The summed E-state index contributed by atoms with van der Waals surface area (Å²) in [6.07, 6.45) is 20.0. The first-order valence-corrected chi connectivity index (χ1v) is 3.43. The minimum Gasteiger partial charge on any atom is -2.00 e. The molecule has 0 unspecified atom stereocenters. The van der Waals surface area contributed by atoms with E-state index in [0.29, 0.717) is 0 Å². The standard InChI is InChI=1S/2C5H5.4ClH.O.2Ti/c2*1-2-4-5-3-1;;;;;;;/h2*1-3H,4H2;4*1H;;;/q2*-1;;;;;-2;2*+4/p-4. The average molecular weight is 384 g/mol. The SMILES string of the molecule is [C-]1=CC=CC1.[C-]1=CC=CC1.[Cl-].[Cl-].[Cl-].[Cl-].[O-2].[Ti+4].[Ti+4]. The molecule has 0 N–H and O–H groups in total. The van der Waals surface area contributed by atoms with Crippen LogP contribution in [0.3, 0.4) is 0 Å². The molecule has 7 heteroatoms. The van der Waals surface area contributed by atoms with Crippen LogP contribution in [0.5, 0.6) is 0 Å². The molecule has 2 aliphatic rings. The molecule has 0 saturated carbocycles. The molecule has 0 fully saturated rings. The van der Waals surface area contributed by atoms with E-state index in [4.69, 9.17) is 0 Å². The van der Waals surface area contributed by atoms with Gasteiger partial charge in [0.15, 0.2) is 0 Å². The zero-order valence-electron chi connectivity index (χ0n) is 8.80. The van der Waals surface area contributed by atoms with Crippen LogP contribution >= 0.6 is 0 Å². The quantitative estimate of drug-likeness (QED) is 0.294. The van der Waals surface area contributed by atoms with Crippen LogP contribution in [0.1, 0.15) is 12.8 Å². The topological polar surface area (TPSA) is 28.5 Å². The monoisotopic (exact) mass is 382 g/mol. The van der Waals surface area contributed by atoms with Gasteiger partial charge in [-0.2, -0.15) is 12.2 Å². The van der Waals surface area contributed by atoms with Crippen LogP contribution in [0.15, 0.2) is 36.5 Å². The Morgan fingerprint density at radius 3 is 1.00 bits per heavy atom. The Labute approximate surface area is 158 Å². The van der Waals surface area contributed by atoms with Gasteiger partial charge in [0, 0.05) is 0 Å². The Balaban J connectivity index is -0.0000000167. The third-order valence-electron chi connectivity index (χ3n) is 1.17. The van der Waals surface area contributed by atoms with E-state index < -0.39 is 0 Å². The minimum atomic E-state index is 0. The molecular weight excluding hydrogens is 374 g/mol. The number of hydrogen-bond acceptors (Lipinski definition) is 0. The number of halogens is 4. The molecule has 0 bridgehead atoms. The van der Waals surface area contributed by atoms with Crippen LogP contribution in [-0.2, 0) is 48.9 Å². The smallest absolute Gasteiger partial charge is 2.00 e. The Kier molecular flexibility index (Phi) is 90.8. The maximum atomic E-state index is 2.99. The van der Waals surface area contributed by atoms with E-state index in [-0.39, 0.29) is 98.5 Å². The van der Waals surface area contributed by atoms with E-state index >= 15 is 0 Å². The average Bonchev–Trinajstić information content (AvgIpc) is 2.67. The van der Waals surface area contributed by atoms with Gasteiger partial charge < -0.3 is 55.1 Å². The summed E-state index contributed by atoms with van der Waals surface area (Å²) in [6, 6.07) is 0. The number of allylic oxidation sites excluding steroid dienone is 8. The van der Waals surface area contributed by atoms with E-state index in [1.807, 2.05) is 24.3 Å². The molecule has 1 nitrogen and oxygen atoms in total. The number of hydrogen-bond donors (Lipinski definition) is 0. The van der Waals surface area contributed by atoms with Crippen LogP contribution in [0.2, 0.25) is 0 Å². The summed E-state index contributed by atoms with van der Waals surface area (Å²) in [7, 11) is 0. The second-order valence-electron chi connectivity index (χ2n) is 2.01. The summed E-state index contributed by atoms with van der Waals surface area (Å²) in [4.78, 5) is 0. The molecule has 0 aliphatic heterocycles. The predicted octanol–water partition coefficient (Wildman–Crippen LogP) is -9.50. The van der Waals surface area contributed by atoms with Crippen molar-refractivity contribution in [2.45, 2.75) is 12.8 Å². The number of rotatable bonds is 0. The van der Waals surface area contributed by atoms with Crippen LogP contribution in [-0.4, -0.2) is 0 Å². The van der Waals surface area contributed by atoms with Gasteiger partial charge >= 0.3 is 43.4 Å². The van der Waals surface area contributed by atoms with Crippen molar-refractivity contribution >= 4 is 0 Å². The summed E-state index contributed by atoms with van der Waals surface area (Å²) in [5, 5.41) is 0. The molecule has 0 spiro atoms. The summed E-state index contributed by atoms with van der Waals surface area (Å²) in [5.74, 6) is 0. The van der Waals surface area contributed by atoms with Gasteiger partial charge in [-0.1, -0.05) is 0 Å². The van der Waals surface area contributed by atoms with Crippen molar-refractivity contribution < 1.29 is 98.5 Å². The maximum absolute atomic E-state index is 2.99. The molecule has 2 rings (SSSR count). The summed E-state index contributed by atoms with van der Waals surface area (Å²) in [6.45, 7) is 0. The molecule has 0 atom stereocenters. The molecule has 0 aromatic heterocycles. The molecule has 0 aromatic rings. The molecule has 0 heterocycles. The second-order valence-corrected chi connectivity index (χ2v) is 2.01. The third kappa shape index (κ3) is 31.8. The fourth-order valence-corrected chi connectivity index (χ4v) is 0.680. The molecule has 0 saturated heterocycles. The first kappa shape index (κ1) is 42.8. The van der Waals surface area contributed by atoms with Crippen molar-refractivity contribution in [3.8, 4) is 0 Å². The molecule has 0 aromatic carbocycles. The van der Waals surface area contributed by atoms with Crippen LogP contribution in [0, 0.1) is 12.2 Å². The Bertz CT molecular complexity index is 164. The van der Waals surface area contributed by atoms with Gasteiger partial charge in [-0.3, -0.25) is 12.2 Å². The maximum Gasteiger partial charge on any atom is 4.00 e. The summed E-state index contributed by atoms with van der Waals surface area (Å²) >= 11 is 0. The summed E-state index contributed by atoms with van der Waals surface area (Å²) in [5.41, 5.74) is 0. The van der Waals surface area contributed by atoms with Gasteiger partial charge in [-0.15, -0.1) is 12.8 Å². The molecule has 0 amide bonds. The normalized spacial score (nSPS) is 10.4. The van der Waals surface area contributed by atoms with Crippen molar-refractivity contribution in [2.24, 2.45) is 0 Å². The van der Waals surface area contributed by atoms with E-state index in [1.165, 1.54) is 0 Å². The fraction of sp³-hybridized carbons (Fsp3) is 0.200. The van der Waals surface area contributed by atoms with Gasteiger partial charge in [0.2, 0.25) is 0 Å². The van der Waals surface area contributed by atoms with Gasteiger partial charge in [0.05, 0.1) is 0 Å². The van der Waals surface area contributed by atoms with Crippen molar-refractivity contribution in [2.75, 3.05) is 0 Å². The molecular formula is C10H10Cl4OTi2. The van der Waals surface area contributed by atoms with E-state index in [2.05, 4.69) is 24.3 Å². The molecule has 2 aliphatic carbocycles. The molecule has 92 valence electrons. The Morgan fingerprint density at radius 2 is 0.941 bits per heavy atom. The minimum absolute atomic E-state index is 0. The van der Waals surface area contributed by atoms with Crippen molar-refractivity contribution in [1.29, 1.82) is 0 Å². The predicted molar refractivity (Wildman–Crippen MR) is 43.8 cm³/mol. The van der Waals surface area contributed by atoms with Crippen LogP contribution in [0.25, 0.3) is 0 Å². The zero-order valence-corrected chi connectivity index (χ0v) is 14.9. The molecule has 0 radical (unpaired) electrons. The van der Waals surface area contributed by atoms with Crippen molar-refractivity contribution in [3.63, 3.8) is 0 Å². The van der Waals surface area contributed by atoms with E-state index in [1.54, 1.807) is 0 Å². The summed E-state index contributed by atoms with van der Waals surface area (Å²) < 4.78 is 0. The zero-order chi connectivity index (χ0) is 7.07. The third-order valence-corrected chi connectivity index (χ3v) is 1.17. The molecule has 17 heavy (non-hydrogen) atoms.